The zero-order valence-corrected chi connectivity index (χ0v) is 33.8. The number of hydrogen-bond donors (Lipinski definition) is 0. The Morgan fingerprint density at radius 1 is 0.554 bits per heavy atom. The van der Waals surface area contributed by atoms with E-state index in [1.54, 1.807) is 0 Å². The summed E-state index contributed by atoms with van der Waals surface area (Å²) in [5, 5.41) is 0. The Kier molecular flexibility index (Phi) is 26.3. The summed E-state index contributed by atoms with van der Waals surface area (Å²) in [5.41, 5.74) is 0. The van der Waals surface area contributed by atoms with Crippen molar-refractivity contribution in [3.05, 3.63) is 0 Å². The number of esters is 2. The number of carbonyl (C=O) groups is 2. The van der Waals surface area contributed by atoms with Gasteiger partial charge < -0.3 is 27.9 Å². The van der Waals surface area contributed by atoms with Crippen LogP contribution in [-0.2, 0) is 32.7 Å². The minimum atomic E-state index is -5.54. The number of hydrogen-bond acceptors (Lipinski definition) is 8. The van der Waals surface area contributed by atoms with Crippen LogP contribution in [-0.4, -0.2) is 94.2 Å². The standard InChI is InChI=1S/C36H62F10NO8P/c1-47(2,3)26-27-53-56(50,51)54-29-30(55-32(49)23-19-15-11-7-5-9-13-17-21-25-34(39,40)36(44,45)46)28-52-31(48)22-18-14-10-6-4-8-12-16-20-24-33(37,38)35(41,42)43/h30H,4-29H2,1-3H3/t30-/m1/s1. The van der Waals surface area contributed by atoms with Gasteiger partial charge in [-0.05, 0) is 25.7 Å². The number of alkyl halides is 10. The number of rotatable bonds is 34. The van der Waals surface area contributed by atoms with Crippen LogP contribution >= 0.6 is 7.82 Å². The lowest BCUT2D eigenvalue weighted by Gasteiger charge is -2.28. The Balaban J connectivity index is 4.48. The fourth-order valence-corrected chi connectivity index (χ4v) is 5.98. The summed E-state index contributed by atoms with van der Waals surface area (Å²) < 4.78 is 158. The molecule has 0 N–H and O–H groups in total. The van der Waals surface area contributed by atoms with Gasteiger partial charge in [-0.15, -0.1) is 0 Å². The molecule has 0 radical (unpaired) electrons. The summed E-state index contributed by atoms with van der Waals surface area (Å²) in [5.74, 6) is -10.6. The summed E-state index contributed by atoms with van der Waals surface area (Å²) >= 11 is 0. The summed E-state index contributed by atoms with van der Waals surface area (Å²) in [4.78, 5) is 37.1. The molecule has 0 aromatic rings. The van der Waals surface area contributed by atoms with Crippen molar-refractivity contribution in [2.75, 3.05) is 47.5 Å². The van der Waals surface area contributed by atoms with Crippen molar-refractivity contribution in [2.45, 2.75) is 172 Å². The Morgan fingerprint density at radius 2 is 0.911 bits per heavy atom. The Bertz CT molecular complexity index is 1120. The van der Waals surface area contributed by atoms with Gasteiger partial charge in [-0.1, -0.05) is 89.9 Å². The van der Waals surface area contributed by atoms with E-state index in [-0.39, 0.29) is 45.1 Å². The van der Waals surface area contributed by atoms with E-state index in [0.717, 1.165) is 38.5 Å². The van der Waals surface area contributed by atoms with Gasteiger partial charge in [0.05, 0.1) is 27.7 Å². The molecule has 0 aliphatic rings. The molecule has 56 heavy (non-hydrogen) atoms. The molecule has 0 saturated carbocycles. The van der Waals surface area contributed by atoms with Crippen LogP contribution in [0.1, 0.15) is 141 Å². The average molecular weight is 858 g/mol. The van der Waals surface area contributed by atoms with E-state index in [9.17, 15) is 63.0 Å². The number of likely N-dealkylation sites (N-methyl/N-ethyl adjacent to an activating group) is 1. The predicted octanol–water partition coefficient (Wildman–Crippen LogP) is 10.6. The van der Waals surface area contributed by atoms with E-state index < -0.39 is 76.1 Å². The SMILES string of the molecule is C[N+](C)(C)CCOP(=O)([O-])OC[C@@H](COC(=O)CCCCCCCCCCCC(F)(F)C(F)(F)F)OC(=O)CCCCCCCCCCCC(F)(F)C(F)(F)F. The molecule has 0 rings (SSSR count). The monoisotopic (exact) mass is 857 g/mol. The molecule has 334 valence electrons. The van der Waals surface area contributed by atoms with Crippen molar-refractivity contribution in [1.82, 2.24) is 0 Å². The molecule has 0 saturated heterocycles. The number of ether oxygens (including phenoxy) is 2. The van der Waals surface area contributed by atoms with Gasteiger partial charge in [-0.3, -0.25) is 14.2 Å². The molecular formula is C36H62F10NO8P. The van der Waals surface area contributed by atoms with Gasteiger partial charge in [-0.25, -0.2) is 0 Å². The number of phosphoric acid groups is 1. The van der Waals surface area contributed by atoms with Gasteiger partial charge >= 0.3 is 36.1 Å². The number of unbranched alkanes of at least 4 members (excludes halogenated alkanes) is 16. The van der Waals surface area contributed by atoms with Crippen molar-refractivity contribution >= 4 is 19.8 Å². The maximum Gasteiger partial charge on any atom is 0.453 e. The maximum absolute atomic E-state index is 12.9. The molecule has 0 heterocycles. The summed E-state index contributed by atoms with van der Waals surface area (Å²) in [6.07, 6.45) is -5.37. The number of nitrogens with zero attached hydrogens (tertiary/aromatic N) is 1. The smallest absolute Gasteiger partial charge is 0.453 e. The molecule has 20 heteroatoms. The fraction of sp³-hybridized carbons (Fsp3) is 0.944. The largest absolute Gasteiger partial charge is 0.756 e. The van der Waals surface area contributed by atoms with E-state index in [4.69, 9.17) is 18.5 Å². The number of phosphoric ester groups is 1. The molecule has 0 aromatic carbocycles. The van der Waals surface area contributed by atoms with Gasteiger partial charge in [-0.2, -0.15) is 43.9 Å². The van der Waals surface area contributed by atoms with Gasteiger partial charge in [0.1, 0.15) is 19.8 Å². The second-order valence-electron chi connectivity index (χ2n) is 15.2. The van der Waals surface area contributed by atoms with Crippen molar-refractivity contribution in [3.63, 3.8) is 0 Å². The van der Waals surface area contributed by atoms with Crippen LogP contribution in [0, 0.1) is 0 Å². The summed E-state index contributed by atoms with van der Waals surface area (Å²) in [6, 6.07) is 0. The molecule has 0 amide bonds. The highest BCUT2D eigenvalue weighted by Gasteiger charge is 2.57. The van der Waals surface area contributed by atoms with Crippen LogP contribution < -0.4 is 4.89 Å². The van der Waals surface area contributed by atoms with Gasteiger partial charge in [0.2, 0.25) is 0 Å². The molecular weight excluding hydrogens is 795 g/mol. The fourth-order valence-electron chi connectivity index (χ4n) is 5.25. The number of halogens is 10. The predicted molar refractivity (Wildman–Crippen MR) is 187 cm³/mol. The molecule has 9 nitrogen and oxygen atoms in total. The lowest BCUT2D eigenvalue weighted by Crippen LogP contribution is -2.37. The van der Waals surface area contributed by atoms with E-state index in [1.807, 2.05) is 21.1 Å². The third-order valence-electron chi connectivity index (χ3n) is 8.73. The average Bonchev–Trinajstić information content (AvgIpc) is 3.05. The topological polar surface area (TPSA) is 111 Å². The molecule has 0 bridgehead atoms. The van der Waals surface area contributed by atoms with Crippen LogP contribution in [0.2, 0.25) is 0 Å². The van der Waals surface area contributed by atoms with Crippen LogP contribution in [0.15, 0.2) is 0 Å². The van der Waals surface area contributed by atoms with Crippen molar-refractivity contribution < 1.29 is 86.0 Å². The van der Waals surface area contributed by atoms with Gasteiger partial charge in [0.15, 0.2) is 6.10 Å². The molecule has 0 fully saturated rings. The maximum atomic E-state index is 12.9. The quantitative estimate of drug-likeness (QED) is 0.0207. The molecule has 0 spiro atoms. The van der Waals surface area contributed by atoms with Gasteiger partial charge in [0, 0.05) is 25.7 Å². The first kappa shape index (κ1) is 54.3. The van der Waals surface area contributed by atoms with Crippen LogP contribution in [0.4, 0.5) is 43.9 Å². The second kappa shape index (κ2) is 27.1. The molecule has 0 aliphatic carbocycles. The lowest BCUT2D eigenvalue weighted by atomic mass is 10.0. The summed E-state index contributed by atoms with van der Waals surface area (Å²) in [6.45, 7) is -0.914. The highest BCUT2D eigenvalue weighted by atomic mass is 31.2. The zero-order valence-electron chi connectivity index (χ0n) is 32.9. The lowest BCUT2D eigenvalue weighted by molar-refractivity contribution is -0.870. The van der Waals surface area contributed by atoms with Gasteiger partial charge in [0.25, 0.3) is 7.82 Å². The van der Waals surface area contributed by atoms with E-state index in [2.05, 4.69) is 0 Å². The third-order valence-corrected chi connectivity index (χ3v) is 9.70. The molecule has 1 unspecified atom stereocenters. The van der Waals surface area contributed by atoms with E-state index in [0.29, 0.717) is 62.4 Å². The first-order valence-corrected chi connectivity index (χ1v) is 20.9. The van der Waals surface area contributed by atoms with Crippen molar-refractivity contribution in [3.8, 4) is 0 Å². The highest BCUT2D eigenvalue weighted by Crippen LogP contribution is 2.41. The second-order valence-corrected chi connectivity index (χ2v) is 16.6. The number of carbonyl (C=O) groups excluding carboxylic acids is 2. The normalized spacial score (nSPS) is 14.8. The van der Waals surface area contributed by atoms with E-state index >= 15 is 0 Å². The Morgan fingerprint density at radius 3 is 1.29 bits per heavy atom. The first-order valence-electron chi connectivity index (χ1n) is 19.4. The van der Waals surface area contributed by atoms with E-state index in [1.165, 1.54) is 0 Å². The Hall–Kier alpha value is -1.69. The minimum absolute atomic E-state index is 0.0130. The Labute approximate surface area is 324 Å². The first-order chi connectivity index (χ1) is 25.8. The van der Waals surface area contributed by atoms with Crippen LogP contribution in [0.25, 0.3) is 0 Å². The van der Waals surface area contributed by atoms with Crippen molar-refractivity contribution in [1.29, 1.82) is 0 Å². The van der Waals surface area contributed by atoms with Crippen molar-refractivity contribution in [2.24, 2.45) is 0 Å². The molecule has 0 aliphatic heterocycles. The zero-order chi connectivity index (χ0) is 42.9. The van der Waals surface area contributed by atoms with Crippen LogP contribution in [0.5, 0.6) is 0 Å². The third kappa shape index (κ3) is 28.7. The summed E-state index contributed by atoms with van der Waals surface area (Å²) in [7, 11) is 0.726. The van der Waals surface area contributed by atoms with Crippen LogP contribution in [0.3, 0.4) is 0 Å². The highest BCUT2D eigenvalue weighted by molar-refractivity contribution is 7.45. The number of quaternary nitrogens is 1. The molecule has 2 atom stereocenters. The minimum Gasteiger partial charge on any atom is -0.756 e. The molecule has 0 aromatic heterocycles.